The molecule has 0 radical (unpaired) electrons. The van der Waals surface area contributed by atoms with Crippen LogP contribution in [0.3, 0.4) is 0 Å². The molecule has 0 saturated carbocycles. The lowest BCUT2D eigenvalue weighted by molar-refractivity contribution is 0.102. The van der Waals surface area contributed by atoms with Gasteiger partial charge in [0, 0.05) is 25.9 Å². The summed E-state index contributed by atoms with van der Waals surface area (Å²) in [7, 11) is 1.67. The number of benzene rings is 1. The molecule has 0 atom stereocenters. The summed E-state index contributed by atoms with van der Waals surface area (Å²) in [6.45, 7) is 5.62. The number of para-hydroxylation sites is 1. The summed E-state index contributed by atoms with van der Waals surface area (Å²) in [4.78, 5) is 20.8. The molecule has 24 heavy (non-hydrogen) atoms. The SMILES string of the molecule is COCCCNc1cnc(C(=O)Nc2ccccc2C(C)C)cn1. The number of methoxy groups -OCH3 is 1. The highest BCUT2D eigenvalue weighted by molar-refractivity contribution is 6.03. The van der Waals surface area contributed by atoms with E-state index in [-0.39, 0.29) is 11.6 Å². The summed E-state index contributed by atoms with van der Waals surface area (Å²) in [5.41, 5.74) is 2.19. The molecule has 1 heterocycles. The van der Waals surface area contributed by atoms with E-state index in [1.165, 1.54) is 6.20 Å². The number of aromatic nitrogens is 2. The molecule has 0 aliphatic rings. The fourth-order valence-electron chi connectivity index (χ4n) is 2.27. The van der Waals surface area contributed by atoms with Crippen LogP contribution in [0.15, 0.2) is 36.7 Å². The molecule has 6 heteroatoms. The standard InChI is InChI=1S/C18H24N4O2/c1-13(2)14-7-4-5-8-15(14)22-18(23)16-11-21-17(12-20-16)19-9-6-10-24-3/h4-5,7-8,11-13H,6,9-10H2,1-3H3,(H,19,21)(H,22,23). The van der Waals surface area contributed by atoms with Crippen molar-refractivity contribution in [2.24, 2.45) is 0 Å². The first kappa shape index (κ1) is 17.9. The van der Waals surface area contributed by atoms with Crippen LogP contribution < -0.4 is 10.6 Å². The Bertz CT molecular complexity index is 656. The molecule has 0 spiro atoms. The van der Waals surface area contributed by atoms with Gasteiger partial charge in [-0.15, -0.1) is 0 Å². The van der Waals surface area contributed by atoms with Crippen LogP contribution >= 0.6 is 0 Å². The van der Waals surface area contributed by atoms with E-state index in [9.17, 15) is 4.79 Å². The molecule has 2 rings (SSSR count). The minimum Gasteiger partial charge on any atom is -0.385 e. The third-order valence-electron chi connectivity index (χ3n) is 3.55. The number of rotatable bonds is 8. The number of carbonyl (C=O) groups is 1. The molecule has 0 fully saturated rings. The number of anilines is 2. The van der Waals surface area contributed by atoms with Gasteiger partial charge in [-0.1, -0.05) is 32.0 Å². The maximum Gasteiger partial charge on any atom is 0.275 e. The Morgan fingerprint density at radius 2 is 2.00 bits per heavy atom. The molecule has 1 aromatic carbocycles. The van der Waals surface area contributed by atoms with Crippen LogP contribution in [0.4, 0.5) is 11.5 Å². The van der Waals surface area contributed by atoms with Gasteiger partial charge in [0.1, 0.15) is 11.5 Å². The summed E-state index contributed by atoms with van der Waals surface area (Å²) in [6, 6.07) is 7.78. The molecule has 0 unspecified atom stereocenters. The number of carbonyl (C=O) groups excluding carboxylic acids is 1. The van der Waals surface area contributed by atoms with Crippen molar-refractivity contribution in [1.82, 2.24) is 9.97 Å². The fourth-order valence-corrected chi connectivity index (χ4v) is 2.27. The Kier molecular flexibility index (Phi) is 6.69. The largest absolute Gasteiger partial charge is 0.385 e. The van der Waals surface area contributed by atoms with Crippen molar-refractivity contribution in [3.63, 3.8) is 0 Å². The third kappa shape index (κ3) is 5.03. The van der Waals surface area contributed by atoms with Crippen molar-refractivity contribution in [2.45, 2.75) is 26.2 Å². The molecule has 1 aromatic heterocycles. The lowest BCUT2D eigenvalue weighted by atomic mass is 10.0. The van der Waals surface area contributed by atoms with Crippen molar-refractivity contribution in [1.29, 1.82) is 0 Å². The number of hydrogen-bond acceptors (Lipinski definition) is 5. The number of ether oxygens (including phenoxy) is 1. The van der Waals surface area contributed by atoms with Crippen LogP contribution in [0.2, 0.25) is 0 Å². The third-order valence-corrected chi connectivity index (χ3v) is 3.55. The van der Waals surface area contributed by atoms with E-state index in [0.29, 0.717) is 18.3 Å². The van der Waals surface area contributed by atoms with E-state index in [1.807, 2.05) is 24.3 Å². The highest BCUT2D eigenvalue weighted by Gasteiger charge is 2.12. The zero-order valence-electron chi connectivity index (χ0n) is 14.4. The molecule has 0 bridgehead atoms. The quantitative estimate of drug-likeness (QED) is 0.727. The molecule has 2 N–H and O–H groups in total. The van der Waals surface area contributed by atoms with Gasteiger partial charge in [0.15, 0.2) is 0 Å². The summed E-state index contributed by atoms with van der Waals surface area (Å²) in [6.07, 6.45) is 3.93. The van der Waals surface area contributed by atoms with E-state index in [0.717, 1.165) is 24.2 Å². The minimum absolute atomic E-state index is 0.262. The lowest BCUT2D eigenvalue weighted by Gasteiger charge is -2.13. The zero-order chi connectivity index (χ0) is 17.4. The Morgan fingerprint density at radius 3 is 2.67 bits per heavy atom. The van der Waals surface area contributed by atoms with Crippen LogP contribution in [0.25, 0.3) is 0 Å². The van der Waals surface area contributed by atoms with E-state index < -0.39 is 0 Å². The van der Waals surface area contributed by atoms with Crippen molar-refractivity contribution >= 4 is 17.4 Å². The van der Waals surface area contributed by atoms with Crippen LogP contribution in [-0.4, -0.2) is 36.1 Å². The van der Waals surface area contributed by atoms with Gasteiger partial charge >= 0.3 is 0 Å². The van der Waals surface area contributed by atoms with Crippen LogP contribution in [0.5, 0.6) is 0 Å². The Hall–Kier alpha value is -2.47. The molecule has 0 aliphatic heterocycles. The van der Waals surface area contributed by atoms with Gasteiger partial charge in [-0.25, -0.2) is 9.97 Å². The molecular formula is C18H24N4O2. The van der Waals surface area contributed by atoms with Gasteiger partial charge in [0.2, 0.25) is 0 Å². The van der Waals surface area contributed by atoms with Gasteiger partial charge in [-0.05, 0) is 24.0 Å². The van der Waals surface area contributed by atoms with Crippen molar-refractivity contribution in [2.75, 3.05) is 30.9 Å². The van der Waals surface area contributed by atoms with Crippen molar-refractivity contribution in [3.8, 4) is 0 Å². The monoisotopic (exact) mass is 328 g/mol. The van der Waals surface area contributed by atoms with Crippen LogP contribution in [0.1, 0.15) is 42.2 Å². The molecule has 128 valence electrons. The highest BCUT2D eigenvalue weighted by Crippen LogP contribution is 2.23. The average molecular weight is 328 g/mol. The predicted octanol–water partition coefficient (Wildman–Crippen LogP) is 3.30. The first-order valence-corrected chi connectivity index (χ1v) is 8.07. The first-order chi connectivity index (χ1) is 11.6. The average Bonchev–Trinajstić information content (AvgIpc) is 2.59. The molecule has 1 amide bonds. The van der Waals surface area contributed by atoms with Gasteiger partial charge in [-0.2, -0.15) is 0 Å². The van der Waals surface area contributed by atoms with E-state index >= 15 is 0 Å². The fraction of sp³-hybridized carbons (Fsp3) is 0.389. The maximum atomic E-state index is 12.3. The molecule has 0 aliphatic carbocycles. The summed E-state index contributed by atoms with van der Waals surface area (Å²) in [5.74, 6) is 0.707. The van der Waals surface area contributed by atoms with Gasteiger partial charge in [0.25, 0.3) is 5.91 Å². The van der Waals surface area contributed by atoms with E-state index in [2.05, 4.69) is 34.4 Å². The van der Waals surface area contributed by atoms with Crippen LogP contribution in [0, 0.1) is 0 Å². The Morgan fingerprint density at radius 1 is 1.21 bits per heavy atom. The number of hydrogen-bond donors (Lipinski definition) is 2. The number of amides is 1. The Labute approximate surface area is 142 Å². The normalized spacial score (nSPS) is 10.7. The summed E-state index contributed by atoms with van der Waals surface area (Å²) < 4.78 is 4.98. The molecule has 2 aromatic rings. The summed E-state index contributed by atoms with van der Waals surface area (Å²) >= 11 is 0. The van der Waals surface area contributed by atoms with Gasteiger partial charge < -0.3 is 15.4 Å². The lowest BCUT2D eigenvalue weighted by Crippen LogP contribution is -2.16. The predicted molar refractivity (Wildman–Crippen MR) is 95.5 cm³/mol. The topological polar surface area (TPSA) is 76.1 Å². The van der Waals surface area contributed by atoms with E-state index in [1.54, 1.807) is 13.3 Å². The number of nitrogens with one attached hydrogen (secondary N) is 2. The summed E-state index contributed by atoms with van der Waals surface area (Å²) in [5, 5.41) is 6.04. The highest BCUT2D eigenvalue weighted by atomic mass is 16.5. The van der Waals surface area contributed by atoms with Crippen molar-refractivity contribution in [3.05, 3.63) is 47.9 Å². The smallest absolute Gasteiger partial charge is 0.275 e. The van der Waals surface area contributed by atoms with Gasteiger partial charge in [0.05, 0.1) is 12.4 Å². The van der Waals surface area contributed by atoms with E-state index in [4.69, 9.17) is 4.74 Å². The van der Waals surface area contributed by atoms with Crippen LogP contribution in [-0.2, 0) is 4.74 Å². The second kappa shape index (κ2) is 8.98. The molecule has 6 nitrogen and oxygen atoms in total. The Balaban J connectivity index is 1.98. The first-order valence-electron chi connectivity index (χ1n) is 8.07. The number of nitrogens with zero attached hydrogens (tertiary/aromatic N) is 2. The second-order valence-electron chi connectivity index (χ2n) is 5.76. The molecule has 0 saturated heterocycles. The van der Waals surface area contributed by atoms with Crippen molar-refractivity contribution < 1.29 is 9.53 Å². The minimum atomic E-state index is -0.262. The second-order valence-corrected chi connectivity index (χ2v) is 5.76. The zero-order valence-corrected chi connectivity index (χ0v) is 14.4. The van der Waals surface area contributed by atoms with Gasteiger partial charge in [-0.3, -0.25) is 4.79 Å². The molecular weight excluding hydrogens is 304 g/mol. The maximum absolute atomic E-state index is 12.3.